The molecule has 0 saturated heterocycles. The molecule has 0 heterocycles. The average Bonchev–Trinajstić information content (AvgIpc) is 2.48. The minimum Gasteiger partial charge on any atom is -0.447 e. The molecule has 0 bridgehead atoms. The number of benzene rings is 1. The zero-order chi connectivity index (χ0) is 21.3. The van der Waals surface area contributed by atoms with Crippen LogP contribution in [0.4, 0.5) is 26.3 Å². The van der Waals surface area contributed by atoms with Crippen LogP contribution in [0.1, 0.15) is 41.5 Å². The summed E-state index contributed by atoms with van der Waals surface area (Å²) in [5.41, 5.74) is -1.50. The van der Waals surface area contributed by atoms with Crippen LogP contribution in [0.2, 0.25) is 16.6 Å². The van der Waals surface area contributed by atoms with Gasteiger partial charge in [0.15, 0.2) is 0 Å². The van der Waals surface area contributed by atoms with Crippen LogP contribution in [0.5, 0.6) is 5.75 Å². The maximum atomic E-state index is 13.9. The molecule has 2 nitrogen and oxygen atoms in total. The molecule has 9 heteroatoms. The maximum Gasteiger partial charge on any atom is 0.464 e. The monoisotopic (exact) mass is 416 g/mol. The molecule has 0 spiro atoms. The SMILES string of the molecule is CC(C)[Si](OC(Oc1ccccc1)(C(F)(F)F)C(F)(F)F)(C(C)C)C(C)C. The Morgan fingerprint density at radius 2 is 1.07 bits per heavy atom. The van der Waals surface area contributed by atoms with Crippen LogP contribution in [0.25, 0.3) is 0 Å². The summed E-state index contributed by atoms with van der Waals surface area (Å²) >= 11 is 0. The Morgan fingerprint density at radius 1 is 0.704 bits per heavy atom. The Bertz CT molecular complexity index is 560. The van der Waals surface area contributed by atoms with Gasteiger partial charge in [0, 0.05) is 0 Å². The van der Waals surface area contributed by atoms with Crippen LogP contribution in [0.3, 0.4) is 0 Å². The summed E-state index contributed by atoms with van der Waals surface area (Å²) in [6.07, 6.45) is -11.6. The van der Waals surface area contributed by atoms with E-state index in [0.29, 0.717) is 0 Å². The van der Waals surface area contributed by atoms with Gasteiger partial charge in [-0.15, -0.1) is 0 Å². The number of halogens is 6. The Labute approximate surface area is 157 Å². The molecular formula is C18H26F6O2Si. The Kier molecular flexibility index (Phi) is 7.08. The second kappa shape index (κ2) is 8.03. The summed E-state index contributed by atoms with van der Waals surface area (Å²) in [4.78, 5) is 0. The molecule has 156 valence electrons. The van der Waals surface area contributed by atoms with Crippen molar-refractivity contribution in [2.24, 2.45) is 0 Å². The topological polar surface area (TPSA) is 18.5 Å². The number of rotatable bonds is 7. The highest BCUT2D eigenvalue weighted by Crippen LogP contribution is 2.53. The lowest BCUT2D eigenvalue weighted by Gasteiger charge is -2.49. The van der Waals surface area contributed by atoms with E-state index in [2.05, 4.69) is 4.74 Å². The van der Waals surface area contributed by atoms with Crippen molar-refractivity contribution in [1.82, 2.24) is 0 Å². The normalized spacial score (nSPS) is 14.3. The van der Waals surface area contributed by atoms with Crippen molar-refractivity contribution in [3.05, 3.63) is 30.3 Å². The Morgan fingerprint density at radius 3 is 1.37 bits per heavy atom. The zero-order valence-corrected chi connectivity index (χ0v) is 17.2. The molecule has 0 atom stereocenters. The van der Waals surface area contributed by atoms with E-state index in [0.717, 1.165) is 12.1 Å². The summed E-state index contributed by atoms with van der Waals surface area (Å²) in [6, 6.07) is 6.14. The van der Waals surface area contributed by atoms with Gasteiger partial charge in [-0.3, -0.25) is 0 Å². The molecule has 0 fully saturated rings. The lowest BCUT2D eigenvalue weighted by Crippen LogP contribution is -2.69. The van der Waals surface area contributed by atoms with Crippen LogP contribution in [-0.2, 0) is 4.43 Å². The second-order valence-electron chi connectivity index (χ2n) is 7.45. The van der Waals surface area contributed by atoms with Crippen molar-refractivity contribution in [2.45, 2.75) is 76.3 Å². The summed E-state index contributed by atoms with van der Waals surface area (Å²) in [5, 5.41) is 0. The van der Waals surface area contributed by atoms with Crippen molar-refractivity contribution in [3.8, 4) is 5.75 Å². The highest BCUT2D eigenvalue weighted by molar-refractivity contribution is 6.77. The minimum absolute atomic E-state index is 0.499. The third kappa shape index (κ3) is 4.44. The number of alkyl halides is 6. The number of hydrogen-bond acceptors (Lipinski definition) is 2. The van der Waals surface area contributed by atoms with Crippen molar-refractivity contribution in [1.29, 1.82) is 0 Å². The van der Waals surface area contributed by atoms with E-state index in [9.17, 15) is 26.3 Å². The molecule has 0 saturated carbocycles. The summed E-state index contributed by atoms with van der Waals surface area (Å²) < 4.78 is 93.4. The quantitative estimate of drug-likeness (QED) is 0.269. The van der Waals surface area contributed by atoms with Crippen molar-refractivity contribution in [2.75, 3.05) is 0 Å². The fourth-order valence-corrected chi connectivity index (χ4v) is 9.15. The molecular weight excluding hydrogens is 390 g/mol. The van der Waals surface area contributed by atoms with E-state index >= 15 is 0 Å². The molecule has 0 aliphatic rings. The lowest BCUT2D eigenvalue weighted by molar-refractivity contribution is -0.427. The standard InChI is InChI=1S/C18H26F6O2Si/c1-12(2)27(13(3)4,14(5)6)26-16(17(19,20)21,18(22,23)24)25-15-10-8-7-9-11-15/h7-14H,1-6H3. The number of ether oxygens (including phenoxy) is 1. The summed E-state index contributed by atoms with van der Waals surface area (Å²) in [5.74, 6) is -5.29. The highest BCUT2D eigenvalue weighted by atomic mass is 28.4. The summed E-state index contributed by atoms with van der Waals surface area (Å²) in [7, 11) is -3.60. The van der Waals surface area contributed by atoms with Crippen LogP contribution < -0.4 is 4.74 Å². The summed E-state index contributed by atoms with van der Waals surface area (Å²) in [6.45, 7) is 9.62. The zero-order valence-electron chi connectivity index (χ0n) is 16.2. The van der Waals surface area contributed by atoms with E-state index in [-0.39, 0.29) is 0 Å². The van der Waals surface area contributed by atoms with Crippen LogP contribution in [-0.4, -0.2) is 26.5 Å². The second-order valence-corrected chi connectivity index (χ2v) is 12.8. The van der Waals surface area contributed by atoms with Crippen LogP contribution >= 0.6 is 0 Å². The van der Waals surface area contributed by atoms with Gasteiger partial charge in [-0.2, -0.15) is 26.3 Å². The van der Waals surface area contributed by atoms with Crippen LogP contribution in [0.15, 0.2) is 30.3 Å². The first-order chi connectivity index (χ1) is 12.1. The Balaban J connectivity index is 3.70. The first-order valence-corrected chi connectivity index (χ1v) is 10.8. The first kappa shape index (κ1) is 23.8. The molecule has 27 heavy (non-hydrogen) atoms. The average molecular weight is 416 g/mol. The predicted octanol–water partition coefficient (Wildman–Crippen LogP) is 7.08. The fraction of sp³-hybridized carbons (Fsp3) is 0.667. The minimum atomic E-state index is -5.82. The third-order valence-corrected chi connectivity index (χ3v) is 10.8. The van der Waals surface area contributed by atoms with Gasteiger partial charge >= 0.3 is 18.1 Å². The molecule has 0 radical (unpaired) electrons. The molecule has 1 rings (SSSR count). The molecule has 0 amide bonds. The van der Waals surface area contributed by atoms with Crippen LogP contribution in [0, 0.1) is 0 Å². The van der Waals surface area contributed by atoms with E-state index in [1.54, 1.807) is 41.5 Å². The van der Waals surface area contributed by atoms with Crippen molar-refractivity contribution < 1.29 is 35.5 Å². The van der Waals surface area contributed by atoms with Gasteiger partial charge in [0.05, 0.1) is 0 Å². The highest BCUT2D eigenvalue weighted by Gasteiger charge is 2.78. The molecule has 0 aromatic heterocycles. The first-order valence-electron chi connectivity index (χ1n) is 8.69. The van der Waals surface area contributed by atoms with Gasteiger partial charge in [0.1, 0.15) is 5.75 Å². The van der Waals surface area contributed by atoms with E-state index in [1.165, 1.54) is 18.2 Å². The third-order valence-electron chi connectivity index (χ3n) is 4.78. The smallest absolute Gasteiger partial charge is 0.447 e. The number of para-hydroxylation sites is 1. The van der Waals surface area contributed by atoms with Gasteiger partial charge in [-0.05, 0) is 28.8 Å². The van der Waals surface area contributed by atoms with E-state index < -0.39 is 48.8 Å². The van der Waals surface area contributed by atoms with E-state index in [4.69, 9.17) is 4.43 Å². The van der Waals surface area contributed by atoms with Gasteiger partial charge in [0.25, 0.3) is 0 Å². The molecule has 1 aromatic rings. The predicted molar refractivity (Wildman–Crippen MR) is 94.0 cm³/mol. The van der Waals surface area contributed by atoms with Gasteiger partial charge in [-0.1, -0.05) is 59.7 Å². The van der Waals surface area contributed by atoms with Crippen molar-refractivity contribution >= 4 is 8.32 Å². The van der Waals surface area contributed by atoms with Crippen molar-refractivity contribution in [3.63, 3.8) is 0 Å². The number of hydrogen-bond donors (Lipinski definition) is 0. The molecule has 1 aromatic carbocycles. The van der Waals surface area contributed by atoms with Gasteiger partial charge < -0.3 is 9.16 Å². The molecule has 0 N–H and O–H groups in total. The van der Waals surface area contributed by atoms with Gasteiger partial charge in [0.2, 0.25) is 8.32 Å². The fourth-order valence-electron chi connectivity index (χ4n) is 3.67. The largest absolute Gasteiger partial charge is 0.464 e. The lowest BCUT2D eigenvalue weighted by atomic mass is 10.2. The molecule has 0 aliphatic carbocycles. The molecule has 0 unspecified atom stereocenters. The Hall–Kier alpha value is -1.22. The maximum absolute atomic E-state index is 13.9. The molecule has 0 aliphatic heterocycles. The van der Waals surface area contributed by atoms with E-state index in [1.807, 2.05) is 0 Å². The van der Waals surface area contributed by atoms with Gasteiger partial charge in [-0.25, -0.2) is 0 Å².